The Hall–Kier alpha value is -0.790. The van der Waals surface area contributed by atoms with Gasteiger partial charge in [0.25, 0.3) is 0 Å². The van der Waals surface area contributed by atoms with E-state index in [0.29, 0.717) is 11.8 Å². The lowest BCUT2D eigenvalue weighted by Gasteiger charge is -2.34. The molecule has 0 aliphatic heterocycles. The van der Waals surface area contributed by atoms with Crippen molar-refractivity contribution in [1.29, 1.82) is 0 Å². The van der Waals surface area contributed by atoms with E-state index in [9.17, 15) is 0 Å². The van der Waals surface area contributed by atoms with E-state index in [2.05, 4.69) is 38.8 Å². The van der Waals surface area contributed by atoms with Gasteiger partial charge < -0.3 is 5.73 Å². The van der Waals surface area contributed by atoms with Crippen LogP contribution in [0.4, 0.5) is 0 Å². The molecule has 2 heteroatoms. The Morgan fingerprint density at radius 2 is 1.89 bits per heavy atom. The molecule has 0 heterocycles. The molecule has 2 fully saturated rings. The predicted molar refractivity (Wildman–Crippen MR) is 83.0 cm³/mol. The van der Waals surface area contributed by atoms with Gasteiger partial charge in [-0.2, -0.15) is 0 Å². The molecule has 0 radical (unpaired) electrons. The van der Waals surface area contributed by atoms with Crippen molar-refractivity contribution in [3.05, 3.63) is 12.2 Å². The first-order chi connectivity index (χ1) is 8.97. The van der Waals surface area contributed by atoms with Crippen molar-refractivity contribution in [3.63, 3.8) is 0 Å². The lowest BCUT2D eigenvalue weighted by molar-refractivity contribution is 0.148. The van der Waals surface area contributed by atoms with E-state index in [1.54, 1.807) is 7.05 Å². The fraction of sp³-hybridized carbons (Fsp3) is 0.824. The van der Waals surface area contributed by atoms with E-state index in [1.807, 2.05) is 6.08 Å². The van der Waals surface area contributed by atoms with Gasteiger partial charge in [-0.15, -0.1) is 0 Å². The number of allylic oxidation sites excluding steroid dienone is 1. The van der Waals surface area contributed by atoms with Gasteiger partial charge in [0.2, 0.25) is 0 Å². The molecule has 2 saturated carbocycles. The van der Waals surface area contributed by atoms with Gasteiger partial charge >= 0.3 is 0 Å². The van der Waals surface area contributed by atoms with Crippen LogP contribution in [-0.2, 0) is 0 Å². The number of nitrogens with two attached hydrogens (primary N) is 1. The molecule has 7 unspecified atom stereocenters. The van der Waals surface area contributed by atoms with Gasteiger partial charge in [0.1, 0.15) is 5.84 Å². The van der Waals surface area contributed by atoms with Crippen LogP contribution in [0.2, 0.25) is 0 Å². The van der Waals surface area contributed by atoms with Crippen LogP contribution in [0, 0.1) is 41.4 Å². The van der Waals surface area contributed by atoms with Gasteiger partial charge in [-0.25, -0.2) is 0 Å². The third kappa shape index (κ3) is 2.88. The molecule has 0 aromatic carbocycles. The van der Waals surface area contributed by atoms with Crippen LogP contribution in [-0.4, -0.2) is 12.9 Å². The Balaban J connectivity index is 1.72. The Morgan fingerprint density at radius 1 is 1.21 bits per heavy atom. The van der Waals surface area contributed by atoms with Gasteiger partial charge in [-0.1, -0.05) is 33.8 Å². The molecule has 0 bridgehead atoms. The normalized spacial score (nSPS) is 40.7. The molecule has 7 atom stereocenters. The molecule has 2 aliphatic rings. The Bertz CT molecular complexity index is 365. The van der Waals surface area contributed by atoms with Gasteiger partial charge in [0.05, 0.1) is 0 Å². The molecular weight excluding hydrogens is 232 g/mol. The van der Waals surface area contributed by atoms with E-state index < -0.39 is 0 Å². The summed E-state index contributed by atoms with van der Waals surface area (Å²) in [6, 6.07) is 0. The van der Waals surface area contributed by atoms with E-state index in [4.69, 9.17) is 5.73 Å². The molecule has 2 N–H and O–H groups in total. The number of amidine groups is 1. The van der Waals surface area contributed by atoms with Crippen LogP contribution in [0.3, 0.4) is 0 Å². The van der Waals surface area contributed by atoms with Crippen LogP contribution >= 0.6 is 0 Å². The summed E-state index contributed by atoms with van der Waals surface area (Å²) in [5.41, 5.74) is 5.69. The van der Waals surface area contributed by atoms with Gasteiger partial charge in [-0.05, 0) is 60.3 Å². The average Bonchev–Trinajstić information content (AvgIpc) is 3.00. The summed E-state index contributed by atoms with van der Waals surface area (Å²) in [6.07, 6.45) is 6.93. The summed E-state index contributed by atoms with van der Waals surface area (Å²) < 4.78 is 0. The molecule has 2 rings (SSSR count). The molecule has 0 aromatic rings. The molecule has 2 nitrogen and oxygen atoms in total. The van der Waals surface area contributed by atoms with Crippen LogP contribution in [0.5, 0.6) is 0 Å². The van der Waals surface area contributed by atoms with Crippen molar-refractivity contribution in [2.75, 3.05) is 7.05 Å². The third-order valence-electron chi connectivity index (χ3n) is 5.98. The largest absolute Gasteiger partial charge is 0.384 e. The first kappa shape index (κ1) is 14.6. The minimum atomic E-state index is 0.586. The summed E-state index contributed by atoms with van der Waals surface area (Å²) in [5, 5.41) is 0. The van der Waals surface area contributed by atoms with Crippen LogP contribution < -0.4 is 5.73 Å². The second-order valence-electron chi connectivity index (χ2n) is 6.96. The molecular formula is C17H30N2. The number of hydrogen-bond donors (Lipinski definition) is 1. The predicted octanol–water partition coefficient (Wildman–Crippen LogP) is 3.73. The molecule has 108 valence electrons. The molecule has 0 spiro atoms. The maximum atomic E-state index is 5.69. The highest BCUT2D eigenvalue weighted by atomic mass is 14.8. The van der Waals surface area contributed by atoms with Crippen molar-refractivity contribution in [3.8, 4) is 0 Å². The number of rotatable bonds is 6. The van der Waals surface area contributed by atoms with Crippen molar-refractivity contribution < 1.29 is 0 Å². The minimum Gasteiger partial charge on any atom is -0.384 e. The quantitative estimate of drug-likeness (QED) is 0.575. The minimum absolute atomic E-state index is 0.586. The smallest absolute Gasteiger partial charge is 0.117 e. The fourth-order valence-electron chi connectivity index (χ4n) is 4.21. The maximum absolute atomic E-state index is 5.69. The van der Waals surface area contributed by atoms with E-state index in [1.165, 1.54) is 12.8 Å². The van der Waals surface area contributed by atoms with E-state index >= 15 is 0 Å². The molecule has 0 aromatic heterocycles. The molecule has 2 aliphatic carbocycles. The maximum Gasteiger partial charge on any atom is 0.117 e. The van der Waals surface area contributed by atoms with Crippen molar-refractivity contribution in [1.82, 2.24) is 0 Å². The lowest BCUT2D eigenvalue weighted by atomic mass is 9.71. The zero-order valence-electron chi connectivity index (χ0n) is 13.1. The summed E-state index contributed by atoms with van der Waals surface area (Å²) in [7, 11) is 1.74. The fourth-order valence-corrected chi connectivity index (χ4v) is 4.21. The number of fused-ring (bicyclic) bond motifs is 1. The highest BCUT2D eigenvalue weighted by Crippen LogP contribution is 2.69. The standard InChI is InChI=1S/C17H30N2/c1-10(11(2)7-9-15(18)19-5)6-8-14-12(3)16-13(4)17(14)16/h7,9-14,16-17H,6,8H2,1-5H3,(H2,18,19)/b9-7-. The zero-order valence-corrected chi connectivity index (χ0v) is 13.1. The third-order valence-corrected chi connectivity index (χ3v) is 5.98. The molecule has 19 heavy (non-hydrogen) atoms. The summed E-state index contributed by atoms with van der Waals surface area (Å²) in [4.78, 5) is 3.96. The average molecular weight is 262 g/mol. The molecule has 0 saturated heterocycles. The highest BCUT2D eigenvalue weighted by molar-refractivity contribution is 5.91. The van der Waals surface area contributed by atoms with Crippen LogP contribution in [0.1, 0.15) is 40.5 Å². The van der Waals surface area contributed by atoms with Crippen molar-refractivity contribution in [2.24, 2.45) is 52.2 Å². The van der Waals surface area contributed by atoms with Crippen molar-refractivity contribution >= 4 is 5.84 Å². The topological polar surface area (TPSA) is 38.4 Å². The van der Waals surface area contributed by atoms with Crippen molar-refractivity contribution in [2.45, 2.75) is 40.5 Å². The van der Waals surface area contributed by atoms with Gasteiger partial charge in [0.15, 0.2) is 0 Å². The molecule has 0 amide bonds. The second-order valence-corrected chi connectivity index (χ2v) is 6.96. The first-order valence-electron chi connectivity index (χ1n) is 7.87. The second kappa shape index (κ2) is 5.68. The first-order valence-corrected chi connectivity index (χ1v) is 7.87. The summed E-state index contributed by atoms with van der Waals surface area (Å²) in [5.74, 6) is 7.13. The Kier molecular flexibility index (Phi) is 4.37. The SMILES string of the molecule is CN=C(N)/C=C\C(C)C(C)CCC1C(C)C2C(C)C12. The summed E-state index contributed by atoms with van der Waals surface area (Å²) in [6.45, 7) is 9.55. The zero-order chi connectivity index (χ0) is 14.2. The monoisotopic (exact) mass is 262 g/mol. The van der Waals surface area contributed by atoms with Crippen LogP contribution in [0.15, 0.2) is 17.1 Å². The summed E-state index contributed by atoms with van der Waals surface area (Å²) >= 11 is 0. The highest BCUT2D eigenvalue weighted by Gasteiger charge is 2.64. The Labute approximate surface area is 118 Å². The van der Waals surface area contributed by atoms with Gasteiger partial charge in [0, 0.05) is 7.05 Å². The van der Waals surface area contributed by atoms with Crippen LogP contribution in [0.25, 0.3) is 0 Å². The lowest BCUT2D eigenvalue weighted by Crippen LogP contribution is -2.27. The van der Waals surface area contributed by atoms with Gasteiger partial charge in [-0.3, -0.25) is 4.99 Å². The Morgan fingerprint density at radius 3 is 2.42 bits per heavy atom. The number of hydrogen-bond acceptors (Lipinski definition) is 1. The number of nitrogens with zero attached hydrogens (tertiary/aromatic N) is 1. The van der Waals surface area contributed by atoms with E-state index in [0.717, 1.165) is 35.5 Å². The van der Waals surface area contributed by atoms with E-state index in [-0.39, 0.29) is 0 Å². The number of aliphatic imine (C=N–C) groups is 1.